The van der Waals surface area contributed by atoms with Gasteiger partial charge in [0.15, 0.2) is 0 Å². The van der Waals surface area contributed by atoms with Gasteiger partial charge in [0, 0.05) is 24.3 Å². The molecule has 3 nitrogen and oxygen atoms in total. The van der Waals surface area contributed by atoms with Crippen molar-refractivity contribution in [3.05, 3.63) is 23.9 Å². The third-order valence-corrected chi connectivity index (χ3v) is 11.9. The first kappa shape index (κ1) is 21.4. The number of ether oxygens (including phenoxy) is 2. The molecule has 1 aromatic heterocycles. The summed E-state index contributed by atoms with van der Waals surface area (Å²) in [6.07, 6.45) is 11.9. The smallest absolute Gasteiger partial charge is 0.213 e. The molecule has 3 heteroatoms. The summed E-state index contributed by atoms with van der Waals surface area (Å²) in [6.45, 7) is 10.6. The van der Waals surface area contributed by atoms with E-state index in [4.69, 9.17) is 9.47 Å². The van der Waals surface area contributed by atoms with Crippen molar-refractivity contribution in [2.45, 2.75) is 85.2 Å². The van der Waals surface area contributed by atoms with E-state index in [1.54, 1.807) is 0 Å². The van der Waals surface area contributed by atoms with Crippen LogP contribution in [0.15, 0.2) is 18.2 Å². The number of aryl methyl sites for hydroxylation is 1. The van der Waals surface area contributed by atoms with Crippen LogP contribution in [-0.2, 0) is 4.74 Å². The lowest BCUT2D eigenvalue weighted by Gasteiger charge is -2.61. The maximum absolute atomic E-state index is 6.29. The van der Waals surface area contributed by atoms with Crippen molar-refractivity contribution in [3.8, 4) is 5.88 Å². The number of hydrogen-bond donors (Lipinski definition) is 0. The lowest BCUT2D eigenvalue weighted by Crippen LogP contribution is -2.57. The number of methoxy groups -OCH3 is 1. The molecule has 0 amide bonds. The third-order valence-electron chi connectivity index (χ3n) is 11.9. The SMILES string of the molecule is COC1C[C@H]2[C@@H]3CC[C@H]([C@H](C)COc4cccc(C)n4)[C@@]3(C)CC[C@@H]2[C@@]2(C)CCC3C[C@]312. The average molecular weight is 438 g/mol. The van der Waals surface area contributed by atoms with Gasteiger partial charge in [-0.1, -0.05) is 26.8 Å². The molecular weight excluding hydrogens is 394 g/mol. The first-order valence-corrected chi connectivity index (χ1v) is 13.4. The Morgan fingerprint density at radius 1 is 1.09 bits per heavy atom. The molecule has 5 aliphatic carbocycles. The molecule has 10 atom stereocenters. The molecule has 5 fully saturated rings. The van der Waals surface area contributed by atoms with Gasteiger partial charge in [0.2, 0.25) is 5.88 Å². The van der Waals surface area contributed by atoms with Crippen LogP contribution < -0.4 is 4.74 Å². The van der Waals surface area contributed by atoms with Gasteiger partial charge in [0.05, 0.1) is 12.7 Å². The Kier molecular flexibility index (Phi) is 4.83. The lowest BCUT2D eigenvalue weighted by atomic mass is 9.45. The average Bonchev–Trinajstić information content (AvgIpc) is 3.28. The molecule has 0 radical (unpaired) electrons. The van der Waals surface area contributed by atoms with Gasteiger partial charge in [-0.25, -0.2) is 4.98 Å². The number of aromatic nitrogens is 1. The van der Waals surface area contributed by atoms with Crippen LogP contribution in [0, 0.1) is 58.7 Å². The fourth-order valence-electron chi connectivity index (χ4n) is 10.5. The minimum Gasteiger partial charge on any atom is -0.477 e. The summed E-state index contributed by atoms with van der Waals surface area (Å²) in [6, 6.07) is 6.08. The Hall–Kier alpha value is -1.09. The fourth-order valence-corrected chi connectivity index (χ4v) is 10.5. The normalized spacial score (nSPS) is 49.5. The van der Waals surface area contributed by atoms with Gasteiger partial charge in [0.1, 0.15) is 0 Å². The van der Waals surface area contributed by atoms with Crippen LogP contribution in [-0.4, -0.2) is 24.8 Å². The minimum absolute atomic E-state index is 0.463. The molecule has 0 saturated heterocycles. The van der Waals surface area contributed by atoms with Gasteiger partial charge in [0.25, 0.3) is 0 Å². The Balaban J connectivity index is 1.21. The molecular formula is C29H43NO2. The van der Waals surface area contributed by atoms with Crippen molar-refractivity contribution < 1.29 is 9.47 Å². The Bertz CT molecular complexity index is 886. The molecule has 2 unspecified atom stereocenters. The molecule has 32 heavy (non-hydrogen) atoms. The Labute approximate surface area is 195 Å². The quantitative estimate of drug-likeness (QED) is 0.514. The van der Waals surface area contributed by atoms with E-state index < -0.39 is 0 Å². The van der Waals surface area contributed by atoms with Crippen LogP contribution in [0.1, 0.15) is 77.8 Å². The summed E-state index contributed by atoms with van der Waals surface area (Å²) in [5, 5.41) is 0. The van der Waals surface area contributed by atoms with E-state index in [0.29, 0.717) is 28.3 Å². The molecule has 5 saturated carbocycles. The monoisotopic (exact) mass is 437 g/mol. The van der Waals surface area contributed by atoms with Crippen LogP contribution in [0.2, 0.25) is 0 Å². The fraction of sp³-hybridized carbons (Fsp3) is 0.828. The van der Waals surface area contributed by atoms with E-state index in [9.17, 15) is 0 Å². The van der Waals surface area contributed by atoms with E-state index in [-0.39, 0.29) is 0 Å². The van der Waals surface area contributed by atoms with Gasteiger partial charge >= 0.3 is 0 Å². The molecule has 1 aromatic rings. The molecule has 176 valence electrons. The van der Waals surface area contributed by atoms with E-state index in [1.807, 2.05) is 32.2 Å². The second-order valence-electron chi connectivity index (χ2n) is 12.9. The second-order valence-corrected chi connectivity index (χ2v) is 12.9. The molecule has 0 N–H and O–H groups in total. The highest BCUT2D eigenvalue weighted by atomic mass is 16.5. The van der Waals surface area contributed by atoms with E-state index in [2.05, 4.69) is 25.8 Å². The summed E-state index contributed by atoms with van der Waals surface area (Å²) >= 11 is 0. The zero-order chi connectivity index (χ0) is 22.3. The maximum atomic E-state index is 6.29. The lowest BCUT2D eigenvalue weighted by molar-refractivity contribution is -0.161. The van der Waals surface area contributed by atoms with E-state index in [0.717, 1.165) is 47.8 Å². The van der Waals surface area contributed by atoms with Gasteiger partial charge < -0.3 is 9.47 Å². The number of rotatable bonds is 5. The predicted molar refractivity (Wildman–Crippen MR) is 127 cm³/mol. The zero-order valence-electron chi connectivity index (χ0n) is 20.9. The molecule has 0 aliphatic heterocycles. The van der Waals surface area contributed by atoms with Crippen LogP contribution >= 0.6 is 0 Å². The van der Waals surface area contributed by atoms with Crippen molar-refractivity contribution >= 4 is 0 Å². The van der Waals surface area contributed by atoms with E-state index in [1.165, 1.54) is 51.4 Å². The predicted octanol–water partition coefficient (Wildman–Crippen LogP) is 6.69. The summed E-state index contributed by atoms with van der Waals surface area (Å²) in [5.41, 5.74) is 2.57. The Morgan fingerprint density at radius 2 is 1.94 bits per heavy atom. The highest BCUT2D eigenvalue weighted by Gasteiger charge is 2.77. The highest BCUT2D eigenvalue weighted by Crippen LogP contribution is 2.82. The van der Waals surface area contributed by atoms with Gasteiger partial charge in [-0.2, -0.15) is 0 Å². The van der Waals surface area contributed by atoms with Crippen LogP contribution in [0.25, 0.3) is 0 Å². The topological polar surface area (TPSA) is 31.4 Å². The largest absolute Gasteiger partial charge is 0.477 e. The summed E-state index contributed by atoms with van der Waals surface area (Å²) in [5.74, 6) is 5.76. The van der Waals surface area contributed by atoms with Crippen molar-refractivity contribution in [2.24, 2.45) is 51.8 Å². The first-order chi connectivity index (χ1) is 15.3. The van der Waals surface area contributed by atoms with Gasteiger partial charge in [-0.3, -0.25) is 0 Å². The van der Waals surface area contributed by atoms with Crippen molar-refractivity contribution in [2.75, 3.05) is 13.7 Å². The standard InChI is InChI=1S/C29H43NO2/c1-18(17-32-26-8-6-7-19(2)30-26)22-9-10-23-21-15-25(31-5)29-16-20(29)11-14-28(29,4)24(21)12-13-27(22,23)3/h6-8,18,20-25H,9-17H2,1-5H3/t18-,20?,21+,22-,23+,24+,25?,27-,28-,29+/m1/s1. The molecule has 0 aromatic carbocycles. The van der Waals surface area contributed by atoms with Crippen LogP contribution in [0.5, 0.6) is 5.88 Å². The highest BCUT2D eigenvalue weighted by molar-refractivity contribution is 5.26. The number of fused-ring (bicyclic) bond motifs is 4. The zero-order valence-corrected chi connectivity index (χ0v) is 20.9. The van der Waals surface area contributed by atoms with Gasteiger partial charge in [-0.15, -0.1) is 0 Å². The molecule has 5 aliphatic rings. The number of nitrogens with zero attached hydrogens (tertiary/aromatic N) is 1. The summed E-state index contributed by atoms with van der Waals surface area (Å²) in [4.78, 5) is 4.55. The molecule has 1 heterocycles. The van der Waals surface area contributed by atoms with Crippen molar-refractivity contribution in [1.82, 2.24) is 4.98 Å². The first-order valence-electron chi connectivity index (χ1n) is 13.4. The van der Waals surface area contributed by atoms with Crippen molar-refractivity contribution in [3.63, 3.8) is 0 Å². The minimum atomic E-state index is 0.463. The molecule has 0 bridgehead atoms. The van der Waals surface area contributed by atoms with E-state index >= 15 is 0 Å². The van der Waals surface area contributed by atoms with Crippen LogP contribution in [0.3, 0.4) is 0 Å². The summed E-state index contributed by atoms with van der Waals surface area (Å²) < 4.78 is 12.5. The molecule has 1 spiro atoms. The third kappa shape index (κ3) is 2.72. The Morgan fingerprint density at radius 3 is 2.69 bits per heavy atom. The number of hydrogen-bond acceptors (Lipinski definition) is 3. The van der Waals surface area contributed by atoms with Crippen molar-refractivity contribution in [1.29, 1.82) is 0 Å². The second kappa shape index (κ2) is 7.20. The maximum Gasteiger partial charge on any atom is 0.213 e. The summed E-state index contributed by atoms with van der Waals surface area (Å²) in [7, 11) is 2.01. The molecule has 6 rings (SSSR count). The van der Waals surface area contributed by atoms with Crippen LogP contribution in [0.4, 0.5) is 0 Å². The van der Waals surface area contributed by atoms with Gasteiger partial charge in [-0.05, 0) is 111 Å². The number of pyridine rings is 1.